The van der Waals surface area contributed by atoms with Gasteiger partial charge in [0.05, 0.1) is 33.2 Å². The van der Waals surface area contributed by atoms with E-state index in [9.17, 15) is 34.8 Å². The predicted octanol–water partition coefficient (Wildman–Crippen LogP) is 7.07. The quantitative estimate of drug-likeness (QED) is 0.184. The molecule has 0 unspecified atom stereocenters. The molecule has 0 aliphatic carbocycles. The molecule has 3 aromatic carbocycles. The van der Waals surface area contributed by atoms with Crippen molar-refractivity contribution in [2.24, 2.45) is 0 Å². The van der Waals surface area contributed by atoms with Gasteiger partial charge in [-0.05, 0) is 60.5 Å². The van der Waals surface area contributed by atoms with Crippen molar-refractivity contribution in [3.8, 4) is 39.5 Å². The van der Waals surface area contributed by atoms with E-state index < -0.39 is 33.8 Å². The molecule has 5 aromatic rings. The second-order valence-electron chi connectivity index (χ2n) is 9.27. The molecule has 0 atom stereocenters. The van der Waals surface area contributed by atoms with Crippen molar-refractivity contribution in [3.63, 3.8) is 0 Å². The highest BCUT2D eigenvalue weighted by Gasteiger charge is 2.35. The summed E-state index contributed by atoms with van der Waals surface area (Å²) < 4.78 is 109. The average Bonchev–Trinajstić information content (AvgIpc) is 3.54. The first-order valence-electron chi connectivity index (χ1n) is 12.1. The maximum atomic E-state index is 13.5. The van der Waals surface area contributed by atoms with E-state index in [0.29, 0.717) is 11.1 Å². The minimum atomic E-state index is -4.95. The molecule has 0 amide bonds. The first-order chi connectivity index (χ1) is 20.0. The van der Waals surface area contributed by atoms with Gasteiger partial charge in [-0.1, -0.05) is 35.0 Å². The van der Waals surface area contributed by atoms with Gasteiger partial charge in [0.2, 0.25) is 0 Å². The largest absolute Gasteiger partial charge is 0.573 e. The maximum Gasteiger partial charge on any atom is 0.573 e. The van der Waals surface area contributed by atoms with Gasteiger partial charge in [-0.25, -0.2) is 18.1 Å². The topological polar surface area (TPSA) is 91.9 Å². The molecule has 43 heavy (non-hydrogen) atoms. The standard InChI is InChI=1S/C27H18ClF6N5O3S/c1-15-36-25(26(29,30)31)14-38(15)22-9-6-17(16-4-3-5-19(10-16)43(2,40)41)11-23(22)39-24(13-35-37-39)20-8-7-18(12-21(20)28)42-27(32,33)34/h3-14H,1-2H3. The molecule has 0 bridgehead atoms. The van der Waals surface area contributed by atoms with Gasteiger partial charge in [-0.15, -0.1) is 18.3 Å². The Kier molecular flexibility index (Phi) is 7.50. The Morgan fingerprint density at radius 1 is 0.907 bits per heavy atom. The molecule has 2 heterocycles. The zero-order chi connectivity index (χ0) is 31.3. The molecule has 0 saturated carbocycles. The molecule has 2 aromatic heterocycles. The number of hydrogen-bond donors (Lipinski definition) is 0. The van der Waals surface area contributed by atoms with Crippen LogP contribution in [0.15, 0.2) is 78.0 Å². The number of imidazole rings is 1. The lowest BCUT2D eigenvalue weighted by Gasteiger charge is -2.17. The number of aryl methyl sites for hydroxylation is 1. The van der Waals surface area contributed by atoms with Crippen molar-refractivity contribution in [2.75, 3.05) is 6.26 Å². The molecule has 0 saturated heterocycles. The smallest absolute Gasteiger partial charge is 0.406 e. The Labute approximate surface area is 245 Å². The molecular formula is C27H18ClF6N5O3S. The highest BCUT2D eigenvalue weighted by Crippen LogP contribution is 2.37. The summed E-state index contributed by atoms with van der Waals surface area (Å²) in [7, 11) is -3.56. The summed E-state index contributed by atoms with van der Waals surface area (Å²) in [5, 5.41) is 7.85. The zero-order valence-corrected chi connectivity index (χ0v) is 23.5. The van der Waals surface area contributed by atoms with Crippen LogP contribution in [0.5, 0.6) is 5.75 Å². The molecule has 0 fully saturated rings. The summed E-state index contributed by atoms with van der Waals surface area (Å²) in [5.74, 6) is -0.573. The van der Waals surface area contributed by atoms with Crippen LogP contribution >= 0.6 is 11.6 Å². The first kappa shape index (κ1) is 30.1. The van der Waals surface area contributed by atoms with Gasteiger partial charge in [0.1, 0.15) is 11.6 Å². The van der Waals surface area contributed by atoms with E-state index in [1.807, 2.05) is 0 Å². The second-order valence-corrected chi connectivity index (χ2v) is 11.7. The lowest BCUT2D eigenvalue weighted by molar-refractivity contribution is -0.274. The molecule has 0 aliphatic heterocycles. The van der Waals surface area contributed by atoms with E-state index in [1.54, 1.807) is 24.3 Å². The number of ether oxygens (including phenoxy) is 1. The van der Waals surface area contributed by atoms with Crippen LogP contribution in [-0.4, -0.2) is 45.6 Å². The molecule has 8 nitrogen and oxygen atoms in total. The zero-order valence-electron chi connectivity index (χ0n) is 21.9. The summed E-state index contributed by atoms with van der Waals surface area (Å²) in [5.41, 5.74) is 0.541. The molecule has 224 valence electrons. The minimum Gasteiger partial charge on any atom is -0.406 e. The lowest BCUT2D eigenvalue weighted by Crippen LogP contribution is -2.17. The Morgan fingerprint density at radius 3 is 2.26 bits per heavy atom. The predicted molar refractivity (Wildman–Crippen MR) is 144 cm³/mol. The number of nitrogens with zero attached hydrogens (tertiary/aromatic N) is 5. The molecule has 5 rings (SSSR count). The third kappa shape index (κ3) is 6.37. The average molecular weight is 642 g/mol. The SMILES string of the molecule is Cc1nc(C(F)(F)F)cn1-c1ccc(-c2cccc(S(C)(=O)=O)c2)cc1-n1nncc1-c1ccc(OC(F)(F)F)cc1Cl. The summed E-state index contributed by atoms with van der Waals surface area (Å²) in [6, 6.07) is 13.9. The summed E-state index contributed by atoms with van der Waals surface area (Å²) in [6.07, 6.45) is -6.54. The summed E-state index contributed by atoms with van der Waals surface area (Å²) in [4.78, 5) is 3.68. The Bertz CT molecular complexity index is 1950. The Morgan fingerprint density at radius 2 is 1.63 bits per heavy atom. The maximum absolute atomic E-state index is 13.5. The van der Waals surface area contributed by atoms with Crippen molar-refractivity contribution >= 4 is 21.4 Å². The van der Waals surface area contributed by atoms with Crippen LogP contribution in [0.1, 0.15) is 11.5 Å². The second kappa shape index (κ2) is 10.7. The molecule has 0 radical (unpaired) electrons. The fourth-order valence-electron chi connectivity index (χ4n) is 4.33. The fraction of sp³-hybridized carbons (Fsp3) is 0.148. The van der Waals surface area contributed by atoms with Gasteiger partial charge in [0.15, 0.2) is 15.5 Å². The number of sulfone groups is 1. The Balaban J connectivity index is 1.71. The molecule has 0 aliphatic rings. The van der Waals surface area contributed by atoms with Crippen molar-refractivity contribution in [2.45, 2.75) is 24.4 Å². The van der Waals surface area contributed by atoms with Crippen LogP contribution in [0.3, 0.4) is 0 Å². The van der Waals surface area contributed by atoms with Gasteiger partial charge < -0.3 is 9.30 Å². The van der Waals surface area contributed by atoms with Crippen molar-refractivity contribution < 1.29 is 39.5 Å². The number of aromatic nitrogens is 5. The van der Waals surface area contributed by atoms with E-state index in [0.717, 1.165) is 24.6 Å². The highest BCUT2D eigenvalue weighted by atomic mass is 35.5. The molecule has 16 heteroatoms. The van der Waals surface area contributed by atoms with Gasteiger partial charge in [-0.2, -0.15) is 13.2 Å². The van der Waals surface area contributed by atoms with E-state index in [1.165, 1.54) is 46.6 Å². The van der Waals surface area contributed by atoms with Crippen LogP contribution in [0.2, 0.25) is 5.02 Å². The third-order valence-corrected chi connectivity index (χ3v) is 7.65. The van der Waals surface area contributed by atoms with Crippen LogP contribution in [0, 0.1) is 6.92 Å². The number of hydrogen-bond acceptors (Lipinski definition) is 6. The molecular weight excluding hydrogens is 624 g/mol. The van der Waals surface area contributed by atoms with Crippen LogP contribution in [0.25, 0.3) is 33.8 Å². The lowest BCUT2D eigenvalue weighted by atomic mass is 10.0. The van der Waals surface area contributed by atoms with Gasteiger partial charge >= 0.3 is 12.5 Å². The van der Waals surface area contributed by atoms with Crippen molar-refractivity contribution in [3.05, 3.63) is 89.6 Å². The van der Waals surface area contributed by atoms with Crippen LogP contribution < -0.4 is 4.74 Å². The highest BCUT2D eigenvalue weighted by molar-refractivity contribution is 7.90. The van der Waals surface area contributed by atoms with E-state index in [4.69, 9.17) is 11.6 Å². The number of benzene rings is 3. The van der Waals surface area contributed by atoms with Gasteiger partial charge in [0, 0.05) is 18.0 Å². The molecule has 0 N–H and O–H groups in total. The number of alkyl halides is 6. The van der Waals surface area contributed by atoms with Crippen LogP contribution in [-0.2, 0) is 16.0 Å². The van der Waals surface area contributed by atoms with E-state index >= 15 is 0 Å². The normalized spacial score (nSPS) is 12.5. The number of halogens is 7. The monoisotopic (exact) mass is 641 g/mol. The van der Waals surface area contributed by atoms with Crippen molar-refractivity contribution in [1.29, 1.82) is 0 Å². The molecule has 0 spiro atoms. The van der Waals surface area contributed by atoms with Gasteiger partial charge in [0.25, 0.3) is 0 Å². The summed E-state index contributed by atoms with van der Waals surface area (Å²) in [6.45, 7) is 1.38. The van der Waals surface area contributed by atoms with Crippen LogP contribution in [0.4, 0.5) is 26.3 Å². The summed E-state index contributed by atoms with van der Waals surface area (Å²) >= 11 is 6.32. The first-order valence-corrected chi connectivity index (χ1v) is 14.3. The van der Waals surface area contributed by atoms with Crippen molar-refractivity contribution in [1.82, 2.24) is 24.5 Å². The van der Waals surface area contributed by atoms with E-state index in [2.05, 4.69) is 20.0 Å². The third-order valence-electron chi connectivity index (χ3n) is 6.23. The minimum absolute atomic E-state index is 0.00579. The number of rotatable bonds is 6. The van der Waals surface area contributed by atoms with Gasteiger partial charge in [-0.3, -0.25) is 0 Å². The fourth-order valence-corrected chi connectivity index (χ4v) is 5.27. The Hall–Kier alpha value is -4.37. The van der Waals surface area contributed by atoms with E-state index in [-0.39, 0.29) is 38.4 Å².